The first-order valence-electron chi connectivity index (χ1n) is 7.14. The molecule has 1 aliphatic rings. The molecule has 1 heterocycles. The molecule has 20 heavy (non-hydrogen) atoms. The summed E-state index contributed by atoms with van der Waals surface area (Å²) in [6.45, 7) is 1.93. The van der Waals surface area contributed by atoms with Crippen molar-refractivity contribution in [2.75, 3.05) is 0 Å². The van der Waals surface area contributed by atoms with Crippen LogP contribution in [0, 0.1) is 0 Å². The lowest BCUT2D eigenvalue weighted by Gasteiger charge is -2.15. The molecule has 0 spiro atoms. The number of nitrogens with one attached hydrogen (secondary N) is 2. The maximum Gasteiger partial charge on any atom is 0.233 e. The number of carbonyl (C=O) groups is 1. The summed E-state index contributed by atoms with van der Waals surface area (Å²) in [5.41, 5.74) is 1.96. The number of hydrogen-bond donors (Lipinski definition) is 2. The standard InChI is InChI=1S/C15H19N3OS/c1-10(14(19)16-11-6-2-3-7-11)20-15-17-12-8-4-5-9-13(12)18-15/h4-5,8-11H,2-3,6-7H2,1H3,(H,16,19)(H,17,18)/t10-/m1/s1. The topological polar surface area (TPSA) is 57.8 Å². The highest BCUT2D eigenvalue weighted by atomic mass is 32.2. The van der Waals surface area contributed by atoms with Crippen LogP contribution in [0.1, 0.15) is 32.6 Å². The molecule has 2 N–H and O–H groups in total. The van der Waals surface area contributed by atoms with Crippen LogP contribution in [-0.4, -0.2) is 27.2 Å². The third kappa shape index (κ3) is 2.98. The molecule has 0 saturated heterocycles. The number of rotatable bonds is 4. The van der Waals surface area contributed by atoms with Gasteiger partial charge in [0.1, 0.15) is 0 Å². The molecule has 3 rings (SSSR count). The molecular weight excluding hydrogens is 270 g/mol. The third-order valence-electron chi connectivity index (χ3n) is 3.73. The Morgan fingerprint density at radius 1 is 1.40 bits per heavy atom. The Balaban J connectivity index is 1.62. The molecule has 106 valence electrons. The molecule has 1 aromatic heterocycles. The van der Waals surface area contributed by atoms with Crippen molar-refractivity contribution in [2.24, 2.45) is 0 Å². The predicted molar refractivity (Wildman–Crippen MR) is 81.8 cm³/mol. The summed E-state index contributed by atoms with van der Waals surface area (Å²) in [5, 5.41) is 3.81. The van der Waals surface area contributed by atoms with Gasteiger partial charge < -0.3 is 10.3 Å². The number of hydrogen-bond acceptors (Lipinski definition) is 3. The summed E-state index contributed by atoms with van der Waals surface area (Å²) in [6, 6.07) is 8.29. The smallest absolute Gasteiger partial charge is 0.233 e. The highest BCUT2D eigenvalue weighted by Crippen LogP contribution is 2.24. The largest absolute Gasteiger partial charge is 0.352 e. The molecule has 0 unspecified atom stereocenters. The van der Waals surface area contributed by atoms with Gasteiger partial charge in [0, 0.05) is 6.04 Å². The minimum absolute atomic E-state index is 0.113. The lowest BCUT2D eigenvalue weighted by Crippen LogP contribution is -2.37. The monoisotopic (exact) mass is 289 g/mol. The van der Waals surface area contributed by atoms with Crippen LogP contribution >= 0.6 is 11.8 Å². The average molecular weight is 289 g/mol. The number of aromatic amines is 1. The molecule has 1 aromatic carbocycles. The zero-order valence-electron chi connectivity index (χ0n) is 11.6. The van der Waals surface area contributed by atoms with Crippen molar-refractivity contribution in [3.63, 3.8) is 0 Å². The van der Waals surface area contributed by atoms with Gasteiger partial charge in [-0.05, 0) is 31.9 Å². The zero-order chi connectivity index (χ0) is 13.9. The van der Waals surface area contributed by atoms with Gasteiger partial charge in [-0.3, -0.25) is 4.79 Å². The number of amides is 1. The maximum atomic E-state index is 12.1. The number of H-pyrrole nitrogens is 1. The number of benzene rings is 1. The van der Waals surface area contributed by atoms with Crippen molar-refractivity contribution < 1.29 is 4.79 Å². The van der Waals surface area contributed by atoms with Gasteiger partial charge in [0.25, 0.3) is 0 Å². The molecule has 0 bridgehead atoms. The summed E-state index contributed by atoms with van der Waals surface area (Å²) < 4.78 is 0. The molecule has 1 aliphatic carbocycles. The lowest BCUT2D eigenvalue weighted by atomic mass is 10.2. The first kappa shape index (κ1) is 13.5. The van der Waals surface area contributed by atoms with Gasteiger partial charge in [-0.25, -0.2) is 4.98 Å². The summed E-state index contributed by atoms with van der Waals surface area (Å²) in [4.78, 5) is 19.9. The van der Waals surface area contributed by atoms with Crippen molar-refractivity contribution in [2.45, 2.75) is 49.1 Å². The highest BCUT2D eigenvalue weighted by molar-refractivity contribution is 8.00. The van der Waals surface area contributed by atoms with Crippen LogP contribution in [0.3, 0.4) is 0 Å². The molecule has 1 amide bonds. The lowest BCUT2D eigenvalue weighted by molar-refractivity contribution is -0.120. The fraction of sp³-hybridized carbons (Fsp3) is 0.467. The van der Waals surface area contributed by atoms with Gasteiger partial charge in [0.05, 0.1) is 16.3 Å². The van der Waals surface area contributed by atoms with E-state index in [0.717, 1.165) is 29.0 Å². The van der Waals surface area contributed by atoms with Crippen molar-refractivity contribution in [3.05, 3.63) is 24.3 Å². The van der Waals surface area contributed by atoms with Crippen molar-refractivity contribution in [3.8, 4) is 0 Å². The minimum Gasteiger partial charge on any atom is -0.352 e. The second-order valence-electron chi connectivity index (χ2n) is 5.31. The van der Waals surface area contributed by atoms with E-state index in [9.17, 15) is 4.79 Å². The average Bonchev–Trinajstić information content (AvgIpc) is 3.06. The molecular formula is C15H19N3OS. The number of nitrogens with zero attached hydrogens (tertiary/aromatic N) is 1. The Bertz CT molecular complexity index is 571. The van der Waals surface area contributed by atoms with Crippen LogP contribution in [0.5, 0.6) is 0 Å². The summed E-state index contributed by atoms with van der Waals surface area (Å²) in [6.07, 6.45) is 4.70. The number of carbonyl (C=O) groups excluding carboxylic acids is 1. The Morgan fingerprint density at radius 3 is 2.90 bits per heavy atom. The summed E-state index contributed by atoms with van der Waals surface area (Å²) >= 11 is 1.48. The van der Waals surface area contributed by atoms with Gasteiger partial charge in [-0.2, -0.15) is 0 Å². The van der Waals surface area contributed by atoms with Gasteiger partial charge in [0.2, 0.25) is 5.91 Å². The Labute approximate surface area is 122 Å². The van der Waals surface area contributed by atoms with E-state index in [1.165, 1.54) is 24.6 Å². The second-order valence-corrected chi connectivity index (χ2v) is 6.64. The first-order chi connectivity index (χ1) is 9.72. The Kier molecular flexibility index (Phi) is 3.96. The van der Waals surface area contributed by atoms with E-state index in [2.05, 4.69) is 15.3 Å². The third-order valence-corrected chi connectivity index (χ3v) is 4.71. The molecule has 4 nitrogen and oxygen atoms in total. The fourth-order valence-corrected chi connectivity index (χ4v) is 3.42. The van der Waals surface area contributed by atoms with Crippen LogP contribution in [-0.2, 0) is 4.79 Å². The van der Waals surface area contributed by atoms with Crippen LogP contribution in [0.25, 0.3) is 11.0 Å². The maximum absolute atomic E-state index is 12.1. The molecule has 0 aliphatic heterocycles. The van der Waals surface area contributed by atoms with Crippen molar-refractivity contribution in [1.29, 1.82) is 0 Å². The van der Waals surface area contributed by atoms with E-state index in [-0.39, 0.29) is 11.2 Å². The number of para-hydroxylation sites is 2. The molecule has 5 heteroatoms. The Morgan fingerprint density at radius 2 is 2.15 bits per heavy atom. The van der Waals surface area contributed by atoms with E-state index in [1.54, 1.807) is 0 Å². The zero-order valence-corrected chi connectivity index (χ0v) is 12.4. The Hall–Kier alpha value is -1.49. The van der Waals surface area contributed by atoms with Crippen LogP contribution in [0.15, 0.2) is 29.4 Å². The first-order valence-corrected chi connectivity index (χ1v) is 8.02. The normalized spacial score (nSPS) is 17.4. The molecule has 1 atom stereocenters. The number of aromatic nitrogens is 2. The summed E-state index contributed by atoms with van der Waals surface area (Å²) in [7, 11) is 0. The van der Waals surface area contributed by atoms with E-state index >= 15 is 0 Å². The predicted octanol–water partition coefficient (Wildman–Crippen LogP) is 3.10. The SMILES string of the molecule is C[C@@H](Sc1nc2ccccc2[nH]1)C(=O)NC1CCCC1. The summed E-state index contributed by atoms with van der Waals surface area (Å²) in [5.74, 6) is 0.113. The molecule has 1 saturated carbocycles. The van der Waals surface area contributed by atoms with E-state index in [4.69, 9.17) is 0 Å². The van der Waals surface area contributed by atoms with Crippen LogP contribution < -0.4 is 5.32 Å². The van der Waals surface area contributed by atoms with E-state index < -0.39 is 0 Å². The van der Waals surface area contributed by atoms with Gasteiger partial charge >= 0.3 is 0 Å². The molecule has 1 fully saturated rings. The van der Waals surface area contributed by atoms with Crippen LogP contribution in [0.4, 0.5) is 0 Å². The number of imidazole rings is 1. The van der Waals surface area contributed by atoms with E-state index in [1.807, 2.05) is 31.2 Å². The van der Waals surface area contributed by atoms with Crippen molar-refractivity contribution >= 4 is 28.7 Å². The van der Waals surface area contributed by atoms with Gasteiger partial charge in [-0.15, -0.1) is 0 Å². The van der Waals surface area contributed by atoms with Crippen LogP contribution in [0.2, 0.25) is 0 Å². The van der Waals surface area contributed by atoms with Gasteiger partial charge in [-0.1, -0.05) is 36.7 Å². The molecule has 2 aromatic rings. The minimum atomic E-state index is -0.129. The molecule has 0 radical (unpaired) electrons. The number of thioether (sulfide) groups is 1. The highest BCUT2D eigenvalue weighted by Gasteiger charge is 2.22. The quantitative estimate of drug-likeness (QED) is 0.850. The van der Waals surface area contributed by atoms with Gasteiger partial charge in [0.15, 0.2) is 5.16 Å². The number of fused-ring (bicyclic) bond motifs is 1. The van der Waals surface area contributed by atoms with E-state index in [0.29, 0.717) is 6.04 Å². The van der Waals surface area contributed by atoms with Crippen molar-refractivity contribution in [1.82, 2.24) is 15.3 Å². The second kappa shape index (κ2) is 5.87. The fourth-order valence-electron chi connectivity index (χ4n) is 2.59.